The molecule has 1 atom stereocenters. The second-order valence-corrected chi connectivity index (χ2v) is 3.78. The van der Waals surface area contributed by atoms with Crippen LogP contribution < -0.4 is 4.74 Å². The lowest BCUT2D eigenvalue weighted by molar-refractivity contribution is -0.151. The highest BCUT2D eigenvalue weighted by atomic mass is 35.5. The maximum absolute atomic E-state index is 11.6. The normalized spacial score (nSPS) is 11.9. The number of alkyl halides is 1. The predicted octanol–water partition coefficient (Wildman–Crippen LogP) is 3.15. The van der Waals surface area contributed by atoms with Crippen LogP contribution >= 0.6 is 11.6 Å². The molecule has 94 valence electrons. The SMILES string of the molecule is CCOC(=O)C(CC)Oc1ccccc1CCl. The third kappa shape index (κ3) is 3.93. The molecule has 1 unspecified atom stereocenters. The van der Waals surface area contributed by atoms with E-state index in [1.807, 2.05) is 25.1 Å². The number of hydrogen-bond donors (Lipinski definition) is 0. The molecule has 0 aliphatic rings. The fourth-order valence-electron chi connectivity index (χ4n) is 1.42. The van der Waals surface area contributed by atoms with E-state index in [1.165, 1.54) is 0 Å². The van der Waals surface area contributed by atoms with E-state index < -0.39 is 6.10 Å². The average molecular weight is 257 g/mol. The summed E-state index contributed by atoms with van der Waals surface area (Å²) in [6.45, 7) is 4.01. The van der Waals surface area contributed by atoms with Gasteiger partial charge in [-0.1, -0.05) is 25.1 Å². The van der Waals surface area contributed by atoms with Crippen LogP contribution in [0, 0.1) is 0 Å². The van der Waals surface area contributed by atoms with Gasteiger partial charge < -0.3 is 9.47 Å². The third-order valence-corrected chi connectivity index (χ3v) is 2.59. The predicted molar refractivity (Wildman–Crippen MR) is 67.3 cm³/mol. The minimum Gasteiger partial charge on any atom is -0.478 e. The number of esters is 1. The highest BCUT2D eigenvalue weighted by Gasteiger charge is 2.20. The van der Waals surface area contributed by atoms with Crippen LogP contribution in [0.2, 0.25) is 0 Å². The van der Waals surface area contributed by atoms with Crippen LogP contribution in [0.15, 0.2) is 24.3 Å². The smallest absolute Gasteiger partial charge is 0.347 e. The first kappa shape index (κ1) is 13.8. The van der Waals surface area contributed by atoms with Gasteiger partial charge in [-0.2, -0.15) is 0 Å². The van der Waals surface area contributed by atoms with E-state index in [1.54, 1.807) is 13.0 Å². The van der Waals surface area contributed by atoms with E-state index in [-0.39, 0.29) is 5.97 Å². The first-order chi connectivity index (χ1) is 8.22. The lowest BCUT2D eigenvalue weighted by atomic mass is 10.2. The summed E-state index contributed by atoms with van der Waals surface area (Å²) in [4.78, 5) is 11.6. The molecule has 0 saturated carbocycles. The Morgan fingerprint density at radius 1 is 1.35 bits per heavy atom. The van der Waals surface area contributed by atoms with Gasteiger partial charge in [0.1, 0.15) is 5.75 Å². The number of ether oxygens (including phenoxy) is 2. The van der Waals surface area contributed by atoms with Crippen molar-refractivity contribution < 1.29 is 14.3 Å². The molecule has 0 aromatic heterocycles. The summed E-state index contributed by atoms with van der Waals surface area (Å²) < 4.78 is 10.6. The Kier molecular flexibility index (Phi) is 5.84. The molecule has 0 heterocycles. The maximum atomic E-state index is 11.6. The number of carbonyl (C=O) groups is 1. The van der Waals surface area contributed by atoms with Crippen molar-refractivity contribution in [2.24, 2.45) is 0 Å². The van der Waals surface area contributed by atoms with Crippen LogP contribution in [0.5, 0.6) is 5.75 Å². The third-order valence-electron chi connectivity index (χ3n) is 2.31. The van der Waals surface area contributed by atoms with E-state index >= 15 is 0 Å². The van der Waals surface area contributed by atoms with Crippen molar-refractivity contribution in [3.63, 3.8) is 0 Å². The van der Waals surface area contributed by atoms with E-state index in [0.29, 0.717) is 24.7 Å². The maximum Gasteiger partial charge on any atom is 0.347 e. The Morgan fingerprint density at radius 3 is 2.65 bits per heavy atom. The van der Waals surface area contributed by atoms with Crippen LogP contribution in [0.3, 0.4) is 0 Å². The second-order valence-electron chi connectivity index (χ2n) is 3.51. The Labute approximate surface area is 107 Å². The first-order valence-electron chi connectivity index (χ1n) is 5.70. The average Bonchev–Trinajstić information content (AvgIpc) is 2.36. The van der Waals surface area contributed by atoms with Gasteiger partial charge in [0, 0.05) is 5.56 Å². The van der Waals surface area contributed by atoms with Crippen LogP contribution in [-0.2, 0) is 15.4 Å². The zero-order valence-corrected chi connectivity index (χ0v) is 10.9. The Hall–Kier alpha value is -1.22. The number of halogens is 1. The molecule has 1 aromatic carbocycles. The van der Waals surface area contributed by atoms with Gasteiger partial charge >= 0.3 is 5.97 Å². The minimum atomic E-state index is -0.570. The van der Waals surface area contributed by atoms with Crippen LogP contribution in [-0.4, -0.2) is 18.7 Å². The topological polar surface area (TPSA) is 35.5 Å². The Bertz CT molecular complexity index is 365. The minimum absolute atomic E-state index is 0.334. The number of para-hydroxylation sites is 1. The zero-order chi connectivity index (χ0) is 12.7. The first-order valence-corrected chi connectivity index (χ1v) is 6.23. The van der Waals surface area contributed by atoms with Gasteiger partial charge in [-0.3, -0.25) is 0 Å². The monoisotopic (exact) mass is 256 g/mol. The molecule has 0 spiro atoms. The molecule has 4 heteroatoms. The van der Waals surface area contributed by atoms with Gasteiger partial charge in [-0.05, 0) is 19.4 Å². The second kappa shape index (κ2) is 7.17. The summed E-state index contributed by atoms with van der Waals surface area (Å²) in [7, 11) is 0. The van der Waals surface area contributed by atoms with Gasteiger partial charge in [0.05, 0.1) is 12.5 Å². The molecule has 1 rings (SSSR count). The molecule has 0 aliphatic carbocycles. The molecule has 0 bridgehead atoms. The molecular weight excluding hydrogens is 240 g/mol. The lowest BCUT2D eigenvalue weighted by Crippen LogP contribution is -2.29. The summed E-state index contributed by atoms with van der Waals surface area (Å²) in [5.41, 5.74) is 0.872. The molecular formula is C13H17ClO3. The molecule has 0 amide bonds. The molecule has 0 aliphatic heterocycles. The summed E-state index contributed by atoms with van der Waals surface area (Å²) in [5.74, 6) is 0.664. The molecule has 1 aromatic rings. The van der Waals surface area contributed by atoms with Gasteiger partial charge in [-0.15, -0.1) is 11.6 Å². The molecule has 17 heavy (non-hydrogen) atoms. The molecule has 0 fully saturated rings. The fourth-order valence-corrected chi connectivity index (χ4v) is 1.64. The van der Waals surface area contributed by atoms with Gasteiger partial charge in [0.25, 0.3) is 0 Å². The van der Waals surface area contributed by atoms with Crippen molar-refractivity contribution in [3.8, 4) is 5.75 Å². The van der Waals surface area contributed by atoms with E-state index in [2.05, 4.69) is 0 Å². The number of hydrogen-bond acceptors (Lipinski definition) is 3. The summed E-state index contributed by atoms with van der Waals surface area (Å²) >= 11 is 5.80. The standard InChI is InChI=1S/C13H17ClO3/c1-3-11(13(15)16-4-2)17-12-8-6-5-7-10(12)9-14/h5-8,11H,3-4,9H2,1-2H3. The molecule has 0 radical (unpaired) electrons. The van der Waals surface area contributed by atoms with Crippen LogP contribution in [0.4, 0.5) is 0 Å². The fraction of sp³-hybridized carbons (Fsp3) is 0.462. The quantitative estimate of drug-likeness (QED) is 0.579. The summed E-state index contributed by atoms with van der Waals surface area (Å²) in [6.07, 6.45) is -0.00514. The number of benzene rings is 1. The molecule has 0 saturated heterocycles. The summed E-state index contributed by atoms with van der Waals surface area (Å²) in [5, 5.41) is 0. The van der Waals surface area contributed by atoms with Crippen LogP contribution in [0.1, 0.15) is 25.8 Å². The zero-order valence-electron chi connectivity index (χ0n) is 10.1. The Balaban J connectivity index is 2.76. The van der Waals surface area contributed by atoms with Gasteiger partial charge in [0.15, 0.2) is 6.10 Å². The van der Waals surface area contributed by atoms with Crippen molar-refractivity contribution >= 4 is 17.6 Å². The van der Waals surface area contributed by atoms with Crippen LogP contribution in [0.25, 0.3) is 0 Å². The highest BCUT2D eigenvalue weighted by molar-refractivity contribution is 6.17. The van der Waals surface area contributed by atoms with Crippen molar-refractivity contribution in [3.05, 3.63) is 29.8 Å². The highest BCUT2D eigenvalue weighted by Crippen LogP contribution is 2.22. The van der Waals surface area contributed by atoms with E-state index in [4.69, 9.17) is 21.1 Å². The van der Waals surface area contributed by atoms with Gasteiger partial charge in [0.2, 0.25) is 0 Å². The largest absolute Gasteiger partial charge is 0.478 e. The van der Waals surface area contributed by atoms with Crippen molar-refractivity contribution in [1.82, 2.24) is 0 Å². The van der Waals surface area contributed by atoms with E-state index in [9.17, 15) is 4.79 Å². The van der Waals surface area contributed by atoms with Crippen molar-refractivity contribution in [2.75, 3.05) is 6.61 Å². The molecule has 3 nitrogen and oxygen atoms in total. The van der Waals surface area contributed by atoms with Crippen molar-refractivity contribution in [2.45, 2.75) is 32.3 Å². The lowest BCUT2D eigenvalue weighted by Gasteiger charge is -2.17. The number of rotatable bonds is 6. The van der Waals surface area contributed by atoms with E-state index in [0.717, 1.165) is 5.56 Å². The molecule has 0 N–H and O–H groups in total. The van der Waals surface area contributed by atoms with Crippen molar-refractivity contribution in [1.29, 1.82) is 0 Å². The summed E-state index contributed by atoms with van der Waals surface area (Å²) in [6, 6.07) is 7.42. The Morgan fingerprint density at radius 2 is 2.06 bits per heavy atom. The van der Waals surface area contributed by atoms with Gasteiger partial charge in [-0.25, -0.2) is 4.79 Å². The number of carbonyl (C=O) groups excluding carboxylic acids is 1.